The lowest BCUT2D eigenvalue weighted by Gasteiger charge is -2.58. The Bertz CT molecular complexity index is 754. The normalized spacial score (nSPS) is 47.3. The minimum Gasteiger partial charge on any atom is -0.460 e. The summed E-state index contributed by atoms with van der Waals surface area (Å²) in [5.41, 5.74) is -2.86. The molecule has 0 radical (unpaired) electrons. The summed E-state index contributed by atoms with van der Waals surface area (Å²) in [5.74, 6) is -0.990. The van der Waals surface area contributed by atoms with Crippen molar-refractivity contribution in [1.82, 2.24) is 0 Å². The summed E-state index contributed by atoms with van der Waals surface area (Å²) in [4.78, 5) is 35.7. The summed E-state index contributed by atoms with van der Waals surface area (Å²) in [6, 6.07) is 0. The largest absolute Gasteiger partial charge is 0.506 e. The Morgan fingerprint density at radius 3 is 2.56 bits per heavy atom. The van der Waals surface area contributed by atoms with Crippen molar-refractivity contribution in [2.75, 3.05) is 13.2 Å². The van der Waals surface area contributed by atoms with Crippen LogP contribution in [-0.2, 0) is 28.5 Å². The molecule has 0 amide bonds. The highest BCUT2D eigenvalue weighted by Gasteiger charge is 2.84. The van der Waals surface area contributed by atoms with E-state index in [1.54, 1.807) is 13.0 Å². The third-order valence-corrected chi connectivity index (χ3v) is 6.92. The number of rotatable bonds is 3. The van der Waals surface area contributed by atoms with Crippen LogP contribution in [0.25, 0.3) is 0 Å². The summed E-state index contributed by atoms with van der Waals surface area (Å²) in [7, 11) is 0. The van der Waals surface area contributed by atoms with Crippen LogP contribution in [0.5, 0.6) is 0 Å². The maximum atomic E-state index is 12.8. The summed E-state index contributed by atoms with van der Waals surface area (Å²) < 4.78 is 22.4. The number of carbonyl (C=O) groups excluding carboxylic acids is 2. The number of hydrogen-bond acceptors (Lipinski definition) is 8. The van der Waals surface area contributed by atoms with Gasteiger partial charge in [0.05, 0.1) is 24.7 Å². The fourth-order valence-corrected chi connectivity index (χ4v) is 5.53. The number of aliphatic hydroxyl groups is 1. The molecule has 0 aromatic rings. The lowest BCUT2D eigenvalue weighted by atomic mass is 9.50. The SMILES string of the molecule is CC(=O)O[C@@H]1C[C@@]2(C)[C@]3(CO3)C1OC1C=C(C)C(=O)[C@@H](OC(=O)O)[C@@]12CO. The average molecular weight is 382 g/mol. The van der Waals surface area contributed by atoms with Gasteiger partial charge in [0.2, 0.25) is 0 Å². The predicted molar refractivity (Wildman–Crippen MR) is 86.8 cm³/mol. The van der Waals surface area contributed by atoms with E-state index in [1.165, 1.54) is 6.92 Å². The van der Waals surface area contributed by atoms with Crippen molar-refractivity contribution in [3.63, 3.8) is 0 Å². The number of Topliss-reactive ketones (excluding diaryl/α,β-unsaturated/α-hetero) is 1. The van der Waals surface area contributed by atoms with Crippen molar-refractivity contribution < 1.29 is 43.5 Å². The molecule has 3 fully saturated rings. The molecule has 9 heteroatoms. The number of epoxide rings is 1. The summed E-state index contributed by atoms with van der Waals surface area (Å²) in [6.07, 6.45) is -3.18. The monoisotopic (exact) mass is 382 g/mol. The molecule has 27 heavy (non-hydrogen) atoms. The van der Waals surface area contributed by atoms with Crippen LogP contribution in [0.2, 0.25) is 0 Å². The number of carboxylic acid groups (broad SMARTS) is 1. The number of fused-ring (bicyclic) bond motifs is 2. The quantitative estimate of drug-likeness (QED) is 0.527. The second-order valence-electron chi connectivity index (χ2n) is 8.02. The van der Waals surface area contributed by atoms with Crippen molar-refractivity contribution in [2.24, 2.45) is 10.8 Å². The number of ketones is 1. The fourth-order valence-electron chi connectivity index (χ4n) is 5.53. The zero-order valence-electron chi connectivity index (χ0n) is 15.3. The fraction of sp³-hybridized carbons (Fsp3) is 0.722. The van der Waals surface area contributed by atoms with Crippen LogP contribution in [-0.4, -0.2) is 71.4 Å². The van der Waals surface area contributed by atoms with Crippen LogP contribution in [0, 0.1) is 10.8 Å². The van der Waals surface area contributed by atoms with Crippen molar-refractivity contribution in [2.45, 2.75) is 57.2 Å². The lowest BCUT2D eigenvalue weighted by Crippen LogP contribution is -2.71. The standard InChI is InChI=1S/C18H22O9/c1-8-4-11-17(6-19,14(12(8)21)27-15(22)23)16(3)5-10(25-9(2)20)13(26-11)18(16)7-24-18/h4,10-11,13-14,19H,5-7H2,1-3H3,(H,22,23)/t10-,11?,13?,14-,16-,17-,18+/m1/s1. The van der Waals surface area contributed by atoms with E-state index in [9.17, 15) is 24.6 Å². The van der Waals surface area contributed by atoms with Gasteiger partial charge in [-0.3, -0.25) is 9.59 Å². The Balaban J connectivity index is 1.88. The molecular weight excluding hydrogens is 360 g/mol. The van der Waals surface area contributed by atoms with Crippen LogP contribution in [0.4, 0.5) is 4.79 Å². The van der Waals surface area contributed by atoms with E-state index in [-0.39, 0.29) is 6.42 Å². The third kappa shape index (κ3) is 2.07. The van der Waals surface area contributed by atoms with Crippen LogP contribution in [0.15, 0.2) is 11.6 Å². The van der Waals surface area contributed by atoms with E-state index in [2.05, 4.69) is 0 Å². The second-order valence-corrected chi connectivity index (χ2v) is 8.02. The molecule has 9 nitrogen and oxygen atoms in total. The van der Waals surface area contributed by atoms with Gasteiger partial charge >= 0.3 is 12.1 Å². The Morgan fingerprint density at radius 2 is 2.04 bits per heavy atom. The Morgan fingerprint density at radius 1 is 1.37 bits per heavy atom. The molecule has 0 aromatic heterocycles. The van der Waals surface area contributed by atoms with Gasteiger partial charge < -0.3 is 29.2 Å². The molecule has 0 aromatic carbocycles. The van der Waals surface area contributed by atoms with Gasteiger partial charge in [-0.15, -0.1) is 0 Å². The van der Waals surface area contributed by atoms with Gasteiger partial charge in [0, 0.05) is 12.3 Å². The first-order valence-corrected chi connectivity index (χ1v) is 8.83. The summed E-state index contributed by atoms with van der Waals surface area (Å²) >= 11 is 0. The maximum Gasteiger partial charge on any atom is 0.506 e. The molecule has 2 aliphatic carbocycles. The molecule has 2 N–H and O–H groups in total. The number of esters is 1. The van der Waals surface area contributed by atoms with Gasteiger partial charge in [-0.1, -0.05) is 6.92 Å². The lowest BCUT2D eigenvalue weighted by molar-refractivity contribution is -0.246. The van der Waals surface area contributed by atoms with E-state index < -0.39 is 65.4 Å². The maximum absolute atomic E-state index is 12.8. The van der Waals surface area contributed by atoms with Gasteiger partial charge in [0.25, 0.3) is 0 Å². The highest BCUT2D eigenvalue weighted by atomic mass is 16.7. The Kier molecular flexibility index (Phi) is 3.76. The molecule has 2 heterocycles. The number of ether oxygens (including phenoxy) is 4. The molecular formula is C18H22O9. The molecule has 1 saturated carbocycles. The van der Waals surface area contributed by atoms with Crippen LogP contribution >= 0.6 is 0 Å². The van der Waals surface area contributed by atoms with Gasteiger partial charge in [0.15, 0.2) is 11.9 Å². The first kappa shape index (κ1) is 18.4. The zero-order valence-corrected chi connectivity index (χ0v) is 15.3. The smallest absolute Gasteiger partial charge is 0.460 e. The van der Waals surface area contributed by atoms with Crippen LogP contribution < -0.4 is 0 Å². The van der Waals surface area contributed by atoms with Crippen molar-refractivity contribution in [1.29, 1.82) is 0 Å². The highest BCUT2D eigenvalue weighted by molar-refractivity contribution is 6.01. The molecule has 2 aliphatic heterocycles. The molecule has 2 unspecified atom stereocenters. The van der Waals surface area contributed by atoms with Crippen molar-refractivity contribution >= 4 is 17.9 Å². The van der Waals surface area contributed by atoms with Gasteiger partial charge in [-0.05, 0) is 25.0 Å². The predicted octanol–water partition coefficient (Wildman–Crippen LogP) is 0.435. The molecule has 148 valence electrons. The highest BCUT2D eigenvalue weighted by Crippen LogP contribution is 2.71. The Hall–Kier alpha value is -1.97. The number of hydrogen-bond donors (Lipinski definition) is 2. The first-order valence-electron chi connectivity index (χ1n) is 8.83. The molecule has 4 rings (SSSR count). The van der Waals surface area contributed by atoms with Crippen LogP contribution in [0.1, 0.15) is 27.2 Å². The summed E-state index contributed by atoms with van der Waals surface area (Å²) in [5, 5.41) is 19.7. The molecule has 2 bridgehead atoms. The van der Waals surface area contributed by atoms with Crippen molar-refractivity contribution in [3.05, 3.63) is 11.6 Å². The molecule has 7 atom stereocenters. The van der Waals surface area contributed by atoms with E-state index >= 15 is 0 Å². The summed E-state index contributed by atoms with van der Waals surface area (Å²) in [6.45, 7) is 4.42. The van der Waals surface area contributed by atoms with E-state index in [4.69, 9.17) is 18.9 Å². The minimum absolute atomic E-state index is 0.258. The molecule has 1 spiro atoms. The van der Waals surface area contributed by atoms with E-state index in [1.807, 2.05) is 6.92 Å². The molecule has 2 saturated heterocycles. The number of carbonyl (C=O) groups is 3. The van der Waals surface area contributed by atoms with Gasteiger partial charge in [0.1, 0.15) is 17.8 Å². The second kappa shape index (κ2) is 5.52. The minimum atomic E-state index is -1.61. The first-order chi connectivity index (χ1) is 12.6. The number of aliphatic hydroxyl groups excluding tert-OH is 1. The Labute approximate surface area is 155 Å². The van der Waals surface area contributed by atoms with Crippen molar-refractivity contribution in [3.8, 4) is 0 Å². The van der Waals surface area contributed by atoms with Gasteiger partial charge in [-0.2, -0.15) is 0 Å². The third-order valence-electron chi connectivity index (χ3n) is 6.92. The molecule has 4 aliphatic rings. The zero-order chi connectivity index (χ0) is 19.8. The van der Waals surface area contributed by atoms with Crippen LogP contribution in [0.3, 0.4) is 0 Å². The van der Waals surface area contributed by atoms with E-state index in [0.717, 1.165) is 0 Å². The average Bonchev–Trinajstić information content (AvgIpc) is 3.34. The van der Waals surface area contributed by atoms with E-state index in [0.29, 0.717) is 12.2 Å². The topological polar surface area (TPSA) is 132 Å². The van der Waals surface area contributed by atoms with Gasteiger partial charge in [-0.25, -0.2) is 4.79 Å².